The van der Waals surface area contributed by atoms with Gasteiger partial charge in [0.05, 0.1) is 5.02 Å². The van der Waals surface area contributed by atoms with E-state index in [9.17, 15) is 4.79 Å². The van der Waals surface area contributed by atoms with E-state index in [1.165, 1.54) is 0 Å². The van der Waals surface area contributed by atoms with Crippen molar-refractivity contribution < 1.29 is 13.9 Å². The quantitative estimate of drug-likeness (QED) is 0.617. The zero-order valence-electron chi connectivity index (χ0n) is 16.2. The molecular weight excluding hydrogens is 381 g/mol. The summed E-state index contributed by atoms with van der Waals surface area (Å²) in [4.78, 5) is 13.4. The Bertz CT molecular complexity index is 789. The third-order valence-electron chi connectivity index (χ3n) is 4.64. The Kier molecular flexibility index (Phi) is 8.23. The monoisotopic (exact) mass is 407 g/mol. The fourth-order valence-electron chi connectivity index (χ4n) is 3.38. The molecule has 152 valence electrons. The molecule has 1 unspecified atom stereocenters. The molecule has 0 saturated carbocycles. The van der Waals surface area contributed by atoms with Crippen LogP contribution in [0.25, 0.3) is 0 Å². The molecule has 0 aliphatic heterocycles. The molecule has 0 aliphatic carbocycles. The van der Waals surface area contributed by atoms with Crippen molar-refractivity contribution in [2.45, 2.75) is 38.8 Å². The van der Waals surface area contributed by atoms with Gasteiger partial charge in [0.15, 0.2) is 11.6 Å². The predicted octanol–water partition coefficient (Wildman–Crippen LogP) is 4.25. The van der Waals surface area contributed by atoms with E-state index in [4.69, 9.17) is 27.8 Å². The first-order chi connectivity index (χ1) is 13.4. The van der Waals surface area contributed by atoms with Crippen molar-refractivity contribution in [2.24, 2.45) is 11.5 Å². The SMILES string of the molecule is CC[C@H](c1ccc(Cl)c(Oc2ccccc2)c1F)N(CCN)C(C)CC(N)=O. The molecule has 2 atom stereocenters. The molecule has 0 saturated heterocycles. The van der Waals surface area contributed by atoms with Gasteiger partial charge >= 0.3 is 0 Å². The van der Waals surface area contributed by atoms with Crippen molar-refractivity contribution in [1.29, 1.82) is 0 Å². The zero-order valence-corrected chi connectivity index (χ0v) is 17.0. The zero-order chi connectivity index (χ0) is 20.7. The number of halogens is 2. The van der Waals surface area contributed by atoms with Crippen LogP contribution in [-0.2, 0) is 4.79 Å². The fraction of sp³-hybridized carbons (Fsp3) is 0.381. The van der Waals surface area contributed by atoms with E-state index in [1.54, 1.807) is 36.4 Å². The number of hydrogen-bond acceptors (Lipinski definition) is 4. The van der Waals surface area contributed by atoms with Crippen molar-refractivity contribution in [3.8, 4) is 11.5 Å². The maximum atomic E-state index is 15.4. The van der Waals surface area contributed by atoms with E-state index >= 15 is 4.39 Å². The van der Waals surface area contributed by atoms with Crippen LogP contribution >= 0.6 is 11.6 Å². The van der Waals surface area contributed by atoms with Gasteiger partial charge in [-0.25, -0.2) is 4.39 Å². The van der Waals surface area contributed by atoms with Crippen LogP contribution in [0.3, 0.4) is 0 Å². The largest absolute Gasteiger partial charge is 0.453 e. The Morgan fingerprint density at radius 2 is 1.93 bits per heavy atom. The van der Waals surface area contributed by atoms with E-state index in [0.717, 1.165) is 0 Å². The van der Waals surface area contributed by atoms with Gasteiger partial charge in [0.2, 0.25) is 5.91 Å². The average molecular weight is 408 g/mol. The minimum Gasteiger partial charge on any atom is -0.453 e. The third-order valence-corrected chi connectivity index (χ3v) is 4.94. The molecule has 0 bridgehead atoms. The van der Waals surface area contributed by atoms with E-state index in [0.29, 0.717) is 30.8 Å². The summed E-state index contributed by atoms with van der Waals surface area (Å²) >= 11 is 6.21. The molecule has 2 aromatic carbocycles. The highest BCUT2D eigenvalue weighted by molar-refractivity contribution is 6.32. The number of hydrogen-bond donors (Lipinski definition) is 2. The third kappa shape index (κ3) is 5.44. The number of para-hydroxylation sites is 1. The Labute approximate surface area is 170 Å². The molecule has 5 nitrogen and oxygen atoms in total. The Hall–Kier alpha value is -2.15. The summed E-state index contributed by atoms with van der Waals surface area (Å²) in [5.74, 6) is -0.445. The van der Waals surface area contributed by atoms with Crippen molar-refractivity contribution in [2.75, 3.05) is 13.1 Å². The maximum absolute atomic E-state index is 15.4. The number of primary amides is 1. The highest BCUT2D eigenvalue weighted by Gasteiger charge is 2.28. The van der Waals surface area contributed by atoms with E-state index < -0.39 is 11.7 Å². The first kappa shape index (κ1) is 22.1. The lowest BCUT2D eigenvalue weighted by molar-refractivity contribution is -0.119. The van der Waals surface area contributed by atoms with Crippen molar-refractivity contribution in [3.05, 3.63) is 58.9 Å². The van der Waals surface area contributed by atoms with Crippen LogP contribution in [0, 0.1) is 5.82 Å². The van der Waals surface area contributed by atoms with Crippen LogP contribution in [-0.4, -0.2) is 29.9 Å². The van der Waals surface area contributed by atoms with Gasteiger partial charge in [-0.05, 0) is 31.5 Å². The maximum Gasteiger partial charge on any atom is 0.218 e. The molecule has 1 amide bonds. The summed E-state index contributed by atoms with van der Waals surface area (Å²) in [6, 6.07) is 11.7. The summed E-state index contributed by atoms with van der Waals surface area (Å²) in [6.07, 6.45) is 0.783. The summed E-state index contributed by atoms with van der Waals surface area (Å²) in [6.45, 7) is 4.72. The first-order valence-electron chi connectivity index (χ1n) is 9.33. The number of carbonyl (C=O) groups excluding carboxylic acids is 1. The molecule has 2 aromatic rings. The lowest BCUT2D eigenvalue weighted by Crippen LogP contribution is -2.42. The number of carbonyl (C=O) groups is 1. The van der Waals surface area contributed by atoms with Gasteiger partial charge in [-0.1, -0.05) is 42.8 Å². The first-order valence-corrected chi connectivity index (χ1v) is 9.71. The number of amides is 1. The summed E-state index contributed by atoms with van der Waals surface area (Å²) in [7, 11) is 0. The Balaban J connectivity index is 2.42. The van der Waals surface area contributed by atoms with Crippen LogP contribution in [0.4, 0.5) is 4.39 Å². The van der Waals surface area contributed by atoms with Crippen LogP contribution in [0.2, 0.25) is 5.02 Å². The minimum absolute atomic E-state index is 0.0148. The Morgan fingerprint density at radius 3 is 2.50 bits per heavy atom. The van der Waals surface area contributed by atoms with Crippen LogP contribution < -0.4 is 16.2 Å². The van der Waals surface area contributed by atoms with Gasteiger partial charge in [-0.2, -0.15) is 0 Å². The van der Waals surface area contributed by atoms with Crippen LogP contribution in [0.15, 0.2) is 42.5 Å². The summed E-state index contributed by atoms with van der Waals surface area (Å²) < 4.78 is 21.1. The van der Waals surface area contributed by atoms with Crippen molar-refractivity contribution in [3.63, 3.8) is 0 Å². The van der Waals surface area contributed by atoms with Gasteiger partial charge < -0.3 is 16.2 Å². The van der Waals surface area contributed by atoms with Gasteiger partial charge in [0.25, 0.3) is 0 Å². The smallest absolute Gasteiger partial charge is 0.218 e. The molecule has 0 spiro atoms. The molecule has 28 heavy (non-hydrogen) atoms. The second kappa shape index (κ2) is 10.4. The normalized spacial score (nSPS) is 13.4. The molecule has 0 aromatic heterocycles. The number of nitrogens with zero attached hydrogens (tertiary/aromatic N) is 1. The lowest BCUT2D eigenvalue weighted by atomic mass is 9.98. The minimum atomic E-state index is -0.517. The highest BCUT2D eigenvalue weighted by atomic mass is 35.5. The van der Waals surface area contributed by atoms with Crippen LogP contribution in [0.5, 0.6) is 11.5 Å². The lowest BCUT2D eigenvalue weighted by Gasteiger charge is -2.36. The van der Waals surface area contributed by atoms with Gasteiger partial charge in [-0.3, -0.25) is 9.69 Å². The predicted molar refractivity (Wildman–Crippen MR) is 110 cm³/mol. The topological polar surface area (TPSA) is 81.6 Å². The van der Waals surface area contributed by atoms with E-state index in [-0.39, 0.29) is 29.3 Å². The molecule has 7 heteroatoms. The molecule has 0 fully saturated rings. The molecule has 0 radical (unpaired) electrons. The summed E-state index contributed by atoms with van der Waals surface area (Å²) in [5, 5.41) is 0.190. The number of ether oxygens (including phenoxy) is 1. The fourth-order valence-corrected chi connectivity index (χ4v) is 3.56. The molecule has 4 N–H and O–H groups in total. The van der Waals surface area contributed by atoms with Gasteiger partial charge in [0.1, 0.15) is 5.75 Å². The summed E-state index contributed by atoms with van der Waals surface area (Å²) in [5.41, 5.74) is 11.6. The molecule has 0 aliphatic rings. The number of benzene rings is 2. The van der Waals surface area contributed by atoms with Crippen molar-refractivity contribution >= 4 is 17.5 Å². The van der Waals surface area contributed by atoms with E-state index in [1.807, 2.05) is 24.8 Å². The highest BCUT2D eigenvalue weighted by Crippen LogP contribution is 2.38. The average Bonchev–Trinajstić information content (AvgIpc) is 2.66. The van der Waals surface area contributed by atoms with E-state index in [2.05, 4.69) is 0 Å². The second-order valence-electron chi connectivity index (χ2n) is 6.66. The standard InChI is InChI=1S/C21H27ClFN3O2/c1-3-18(26(12-11-24)14(2)13-19(25)27)16-9-10-17(22)21(20(16)23)28-15-7-5-4-6-8-15/h4-10,14,18H,3,11-13,24H2,1-2H3,(H2,25,27)/t14?,18-/m1/s1. The molecule has 0 heterocycles. The Morgan fingerprint density at radius 1 is 1.25 bits per heavy atom. The second-order valence-corrected chi connectivity index (χ2v) is 7.07. The molecule has 2 rings (SSSR count). The number of rotatable bonds is 10. The van der Waals surface area contributed by atoms with Crippen molar-refractivity contribution in [1.82, 2.24) is 4.90 Å². The van der Waals surface area contributed by atoms with Gasteiger partial charge in [-0.15, -0.1) is 0 Å². The van der Waals surface area contributed by atoms with Gasteiger partial charge in [0, 0.05) is 37.2 Å². The molecular formula is C21H27ClFN3O2. The number of nitrogens with two attached hydrogens (primary N) is 2. The van der Waals surface area contributed by atoms with Crippen LogP contribution in [0.1, 0.15) is 38.3 Å².